The summed E-state index contributed by atoms with van der Waals surface area (Å²) in [5.74, 6) is 1.75. The minimum atomic E-state index is -0.336. The van der Waals surface area contributed by atoms with Crippen LogP contribution in [0, 0.1) is 11.8 Å². The van der Waals surface area contributed by atoms with Crippen molar-refractivity contribution in [3.8, 4) is 0 Å². The van der Waals surface area contributed by atoms with E-state index in [4.69, 9.17) is 0 Å². The molecular weight excluding hydrogens is 138 g/mol. The van der Waals surface area contributed by atoms with Gasteiger partial charge in [-0.05, 0) is 45.2 Å². The Bertz CT molecular complexity index is 157. The van der Waals surface area contributed by atoms with E-state index in [0.29, 0.717) is 0 Å². The molecule has 0 aromatic carbocycles. The zero-order chi connectivity index (χ0) is 8.06. The second-order valence-electron chi connectivity index (χ2n) is 4.63. The molecule has 2 nitrogen and oxygen atoms in total. The minimum absolute atomic E-state index is 0.336. The summed E-state index contributed by atoms with van der Waals surface area (Å²) in [4.78, 5) is 2.09. The average molecular weight is 155 g/mol. The zero-order valence-corrected chi connectivity index (χ0v) is 7.38. The third-order valence-electron chi connectivity index (χ3n) is 2.96. The third-order valence-corrected chi connectivity index (χ3v) is 2.96. The largest absolute Gasteiger partial charge is 0.389 e. The molecular formula is C9H17NO. The topological polar surface area (TPSA) is 23.5 Å². The number of nitrogens with zero attached hydrogens (tertiary/aromatic N) is 1. The molecule has 64 valence electrons. The van der Waals surface area contributed by atoms with Crippen molar-refractivity contribution >= 4 is 0 Å². The number of aliphatic hydroxyl groups is 1. The second-order valence-corrected chi connectivity index (χ2v) is 4.63. The van der Waals surface area contributed by atoms with Crippen molar-refractivity contribution in [2.45, 2.75) is 24.9 Å². The van der Waals surface area contributed by atoms with Crippen LogP contribution in [0.15, 0.2) is 0 Å². The van der Waals surface area contributed by atoms with Gasteiger partial charge in [-0.2, -0.15) is 0 Å². The van der Waals surface area contributed by atoms with E-state index in [0.717, 1.165) is 31.2 Å². The van der Waals surface area contributed by atoms with Crippen molar-refractivity contribution in [1.82, 2.24) is 4.90 Å². The van der Waals surface area contributed by atoms with E-state index in [1.807, 2.05) is 14.1 Å². The fourth-order valence-electron chi connectivity index (χ4n) is 2.59. The lowest BCUT2D eigenvalue weighted by Gasteiger charge is -2.27. The Morgan fingerprint density at radius 2 is 1.91 bits per heavy atom. The molecule has 0 amide bonds. The quantitative estimate of drug-likeness (QED) is 0.635. The predicted octanol–water partition coefficient (Wildman–Crippen LogP) is 0.709. The van der Waals surface area contributed by atoms with Gasteiger partial charge in [-0.15, -0.1) is 0 Å². The van der Waals surface area contributed by atoms with Gasteiger partial charge in [0.1, 0.15) is 0 Å². The van der Waals surface area contributed by atoms with E-state index < -0.39 is 0 Å². The van der Waals surface area contributed by atoms with Gasteiger partial charge in [-0.1, -0.05) is 0 Å². The van der Waals surface area contributed by atoms with Crippen molar-refractivity contribution in [2.75, 3.05) is 20.6 Å². The highest BCUT2D eigenvalue weighted by atomic mass is 16.3. The molecule has 0 spiro atoms. The van der Waals surface area contributed by atoms with Gasteiger partial charge in [-0.25, -0.2) is 0 Å². The molecule has 2 atom stereocenters. The lowest BCUT2D eigenvalue weighted by Crippen LogP contribution is -2.38. The molecule has 2 aliphatic rings. The van der Waals surface area contributed by atoms with E-state index in [9.17, 15) is 5.11 Å². The van der Waals surface area contributed by atoms with Gasteiger partial charge in [0.25, 0.3) is 0 Å². The van der Waals surface area contributed by atoms with Crippen LogP contribution in [-0.4, -0.2) is 36.2 Å². The van der Waals surface area contributed by atoms with E-state index in [2.05, 4.69) is 4.90 Å². The molecule has 0 saturated heterocycles. The normalized spacial score (nSPS) is 48.0. The Kier molecular flexibility index (Phi) is 1.52. The summed E-state index contributed by atoms with van der Waals surface area (Å²) in [6.45, 7) is 0.847. The second kappa shape index (κ2) is 2.20. The van der Waals surface area contributed by atoms with Gasteiger partial charge in [-0.3, -0.25) is 0 Å². The average Bonchev–Trinajstić information content (AvgIpc) is 2.37. The number of fused-ring (bicyclic) bond motifs is 1. The summed E-state index contributed by atoms with van der Waals surface area (Å²) in [6, 6.07) is 0. The molecule has 2 saturated carbocycles. The van der Waals surface area contributed by atoms with Crippen molar-refractivity contribution in [3.63, 3.8) is 0 Å². The van der Waals surface area contributed by atoms with Crippen molar-refractivity contribution in [2.24, 2.45) is 11.8 Å². The van der Waals surface area contributed by atoms with Crippen LogP contribution < -0.4 is 0 Å². The molecule has 2 fully saturated rings. The Hall–Kier alpha value is -0.0800. The van der Waals surface area contributed by atoms with Crippen LogP contribution in [0.25, 0.3) is 0 Å². The number of hydrogen-bond acceptors (Lipinski definition) is 2. The summed E-state index contributed by atoms with van der Waals surface area (Å²) < 4.78 is 0. The van der Waals surface area contributed by atoms with E-state index in [1.54, 1.807) is 0 Å². The highest BCUT2D eigenvalue weighted by Gasteiger charge is 2.52. The summed E-state index contributed by atoms with van der Waals surface area (Å²) in [7, 11) is 4.06. The molecule has 2 rings (SSSR count). The van der Waals surface area contributed by atoms with Crippen LogP contribution >= 0.6 is 0 Å². The number of likely N-dealkylation sites (N-methyl/N-ethyl adjacent to an activating group) is 1. The molecule has 0 radical (unpaired) electrons. The van der Waals surface area contributed by atoms with E-state index >= 15 is 0 Å². The number of hydrogen-bond donors (Lipinski definition) is 1. The molecule has 2 aliphatic carbocycles. The molecule has 11 heavy (non-hydrogen) atoms. The van der Waals surface area contributed by atoms with Crippen LogP contribution in [0.4, 0.5) is 0 Å². The molecule has 0 aromatic heterocycles. The summed E-state index contributed by atoms with van der Waals surface area (Å²) in [5, 5.41) is 10.0. The SMILES string of the molecule is CN(C)CC1(O)CC2CC2C1. The Balaban J connectivity index is 1.91. The van der Waals surface area contributed by atoms with Crippen LogP contribution in [0.3, 0.4) is 0 Å². The first-order chi connectivity index (χ1) is 5.09. The zero-order valence-electron chi connectivity index (χ0n) is 7.38. The predicted molar refractivity (Wildman–Crippen MR) is 44.3 cm³/mol. The molecule has 2 unspecified atom stereocenters. The molecule has 0 heterocycles. The first kappa shape index (κ1) is 7.56. The van der Waals surface area contributed by atoms with Crippen molar-refractivity contribution in [1.29, 1.82) is 0 Å². The first-order valence-corrected chi connectivity index (χ1v) is 4.46. The van der Waals surface area contributed by atoms with Gasteiger partial charge in [0, 0.05) is 6.54 Å². The monoisotopic (exact) mass is 155 g/mol. The fourth-order valence-corrected chi connectivity index (χ4v) is 2.59. The summed E-state index contributed by atoms with van der Waals surface area (Å²) >= 11 is 0. The maximum atomic E-state index is 10.0. The highest BCUT2D eigenvalue weighted by Crippen LogP contribution is 2.55. The van der Waals surface area contributed by atoms with E-state index in [-0.39, 0.29) is 5.60 Å². The minimum Gasteiger partial charge on any atom is -0.389 e. The Morgan fingerprint density at radius 1 is 1.36 bits per heavy atom. The van der Waals surface area contributed by atoms with E-state index in [1.165, 1.54) is 6.42 Å². The Morgan fingerprint density at radius 3 is 2.36 bits per heavy atom. The van der Waals surface area contributed by atoms with Gasteiger partial charge in [0.15, 0.2) is 0 Å². The van der Waals surface area contributed by atoms with Gasteiger partial charge < -0.3 is 10.0 Å². The lowest BCUT2D eigenvalue weighted by atomic mass is 9.97. The Labute approximate surface area is 68.2 Å². The van der Waals surface area contributed by atoms with Crippen LogP contribution in [-0.2, 0) is 0 Å². The highest BCUT2D eigenvalue weighted by molar-refractivity contribution is 5.04. The van der Waals surface area contributed by atoms with Gasteiger partial charge in [0.05, 0.1) is 5.60 Å². The summed E-state index contributed by atoms with van der Waals surface area (Å²) in [6.07, 6.45) is 3.49. The van der Waals surface area contributed by atoms with Crippen LogP contribution in [0.2, 0.25) is 0 Å². The smallest absolute Gasteiger partial charge is 0.0779 e. The third kappa shape index (κ3) is 1.42. The molecule has 2 heteroatoms. The van der Waals surface area contributed by atoms with Crippen molar-refractivity contribution in [3.05, 3.63) is 0 Å². The van der Waals surface area contributed by atoms with Crippen LogP contribution in [0.1, 0.15) is 19.3 Å². The maximum absolute atomic E-state index is 10.0. The molecule has 0 bridgehead atoms. The first-order valence-electron chi connectivity index (χ1n) is 4.46. The van der Waals surface area contributed by atoms with Gasteiger partial charge >= 0.3 is 0 Å². The fraction of sp³-hybridized carbons (Fsp3) is 1.00. The van der Waals surface area contributed by atoms with Crippen LogP contribution in [0.5, 0.6) is 0 Å². The van der Waals surface area contributed by atoms with Gasteiger partial charge in [0.2, 0.25) is 0 Å². The maximum Gasteiger partial charge on any atom is 0.0779 e. The molecule has 0 aromatic rings. The molecule has 1 N–H and O–H groups in total. The lowest BCUT2D eigenvalue weighted by molar-refractivity contribution is 0.0113. The molecule has 0 aliphatic heterocycles. The standard InChI is InChI=1S/C9H17NO/c1-10(2)6-9(11)4-7-3-8(7)5-9/h7-8,11H,3-6H2,1-2H3. The number of rotatable bonds is 2. The summed E-state index contributed by atoms with van der Waals surface area (Å²) in [5.41, 5.74) is -0.336. The van der Waals surface area contributed by atoms with Crippen molar-refractivity contribution < 1.29 is 5.11 Å².